The van der Waals surface area contributed by atoms with E-state index < -0.39 is 0 Å². The largest absolute Gasteiger partial charge is 0.356 e. The van der Waals surface area contributed by atoms with Crippen LogP contribution in [0.15, 0.2) is 28.7 Å². The minimum absolute atomic E-state index is 0. The van der Waals surface area contributed by atoms with Gasteiger partial charge in [-0.25, -0.2) is 0 Å². The number of hydrogen-bond donors (Lipinski definition) is 3. The summed E-state index contributed by atoms with van der Waals surface area (Å²) in [6, 6.07) is 7.28. The van der Waals surface area contributed by atoms with Crippen LogP contribution in [0.1, 0.15) is 36.0 Å². The van der Waals surface area contributed by atoms with E-state index in [2.05, 4.69) is 31.9 Å². The van der Waals surface area contributed by atoms with Gasteiger partial charge in [0.2, 0.25) is 5.91 Å². The van der Waals surface area contributed by atoms with Crippen molar-refractivity contribution in [2.24, 2.45) is 5.92 Å². The Morgan fingerprint density at radius 1 is 1.25 bits per heavy atom. The predicted molar refractivity (Wildman–Crippen MR) is 102 cm³/mol. The third kappa shape index (κ3) is 7.64. The smallest absolute Gasteiger partial charge is 0.251 e. The van der Waals surface area contributed by atoms with Gasteiger partial charge in [0.1, 0.15) is 0 Å². The third-order valence-electron chi connectivity index (χ3n) is 3.99. The second-order valence-electron chi connectivity index (χ2n) is 5.87. The molecule has 3 N–H and O–H groups in total. The molecule has 1 aliphatic heterocycles. The molecule has 1 fully saturated rings. The summed E-state index contributed by atoms with van der Waals surface area (Å²) in [5.41, 5.74) is 0.633. The van der Waals surface area contributed by atoms with E-state index in [4.69, 9.17) is 0 Å². The Morgan fingerprint density at radius 2 is 2.04 bits per heavy atom. The van der Waals surface area contributed by atoms with Gasteiger partial charge in [0, 0.05) is 29.5 Å². The van der Waals surface area contributed by atoms with Crippen molar-refractivity contribution in [2.45, 2.75) is 25.7 Å². The number of amides is 2. The maximum absolute atomic E-state index is 11.9. The van der Waals surface area contributed by atoms with Crippen LogP contribution in [-0.2, 0) is 4.79 Å². The number of rotatable bonds is 8. The SMILES string of the molecule is Cl.O=C(CCC1CCNC1)NCCCNC(=O)c1cccc(Br)c1. The molecule has 1 atom stereocenters. The monoisotopic (exact) mass is 417 g/mol. The van der Waals surface area contributed by atoms with Crippen molar-refractivity contribution in [2.75, 3.05) is 26.2 Å². The quantitative estimate of drug-likeness (QED) is 0.568. The molecular formula is C17H25BrClN3O2. The number of hydrogen-bond acceptors (Lipinski definition) is 3. The average molecular weight is 419 g/mol. The maximum atomic E-state index is 11.9. The summed E-state index contributed by atoms with van der Waals surface area (Å²) < 4.78 is 0.884. The van der Waals surface area contributed by atoms with E-state index in [1.165, 1.54) is 6.42 Å². The van der Waals surface area contributed by atoms with E-state index in [1.54, 1.807) is 12.1 Å². The lowest BCUT2D eigenvalue weighted by Gasteiger charge is -2.09. The van der Waals surface area contributed by atoms with E-state index in [9.17, 15) is 9.59 Å². The number of benzene rings is 1. The molecule has 0 saturated carbocycles. The van der Waals surface area contributed by atoms with Crippen LogP contribution < -0.4 is 16.0 Å². The van der Waals surface area contributed by atoms with Crippen LogP contribution in [0.5, 0.6) is 0 Å². The fourth-order valence-corrected chi connectivity index (χ4v) is 3.03. The first-order valence-electron chi connectivity index (χ1n) is 8.16. The molecule has 1 heterocycles. The van der Waals surface area contributed by atoms with E-state index >= 15 is 0 Å². The first-order chi connectivity index (χ1) is 11.1. The summed E-state index contributed by atoms with van der Waals surface area (Å²) in [6.45, 7) is 3.26. The van der Waals surface area contributed by atoms with E-state index in [0.29, 0.717) is 31.0 Å². The zero-order valence-electron chi connectivity index (χ0n) is 13.6. The molecule has 0 aromatic heterocycles. The van der Waals surface area contributed by atoms with Crippen molar-refractivity contribution >= 4 is 40.2 Å². The molecule has 1 aromatic rings. The van der Waals surface area contributed by atoms with Gasteiger partial charge >= 0.3 is 0 Å². The molecule has 1 saturated heterocycles. The van der Waals surface area contributed by atoms with Gasteiger partial charge in [0.25, 0.3) is 5.91 Å². The van der Waals surface area contributed by atoms with Crippen molar-refractivity contribution < 1.29 is 9.59 Å². The number of halogens is 2. The second kappa shape index (κ2) is 11.4. The molecule has 7 heteroatoms. The van der Waals surface area contributed by atoms with Gasteiger partial charge in [-0.05, 0) is 56.5 Å². The molecule has 2 rings (SSSR count). The summed E-state index contributed by atoms with van der Waals surface area (Å²) in [7, 11) is 0. The molecule has 1 unspecified atom stereocenters. The van der Waals surface area contributed by atoms with Gasteiger partial charge in [0.05, 0.1) is 0 Å². The minimum atomic E-state index is -0.0913. The zero-order valence-corrected chi connectivity index (χ0v) is 16.0. The highest BCUT2D eigenvalue weighted by Crippen LogP contribution is 2.14. The van der Waals surface area contributed by atoms with Crippen molar-refractivity contribution in [3.63, 3.8) is 0 Å². The third-order valence-corrected chi connectivity index (χ3v) is 4.48. The lowest BCUT2D eigenvalue weighted by molar-refractivity contribution is -0.121. The maximum Gasteiger partial charge on any atom is 0.251 e. The number of nitrogens with one attached hydrogen (secondary N) is 3. The topological polar surface area (TPSA) is 70.2 Å². The lowest BCUT2D eigenvalue weighted by atomic mass is 10.0. The summed E-state index contributed by atoms with van der Waals surface area (Å²) in [4.78, 5) is 23.6. The highest BCUT2D eigenvalue weighted by Gasteiger charge is 2.15. The number of carbonyl (C=O) groups excluding carboxylic acids is 2. The van der Waals surface area contributed by atoms with Gasteiger partial charge in [0.15, 0.2) is 0 Å². The normalized spacial score (nSPS) is 16.3. The summed E-state index contributed by atoms with van der Waals surface area (Å²) in [5, 5.41) is 9.08. The van der Waals surface area contributed by atoms with Gasteiger partial charge in [-0.1, -0.05) is 22.0 Å². The van der Waals surface area contributed by atoms with E-state index in [1.807, 2.05) is 12.1 Å². The zero-order chi connectivity index (χ0) is 16.5. The van der Waals surface area contributed by atoms with Crippen LogP contribution in [0.25, 0.3) is 0 Å². The van der Waals surface area contributed by atoms with E-state index in [0.717, 1.165) is 30.4 Å². The van der Waals surface area contributed by atoms with Crippen molar-refractivity contribution in [3.8, 4) is 0 Å². The molecular weight excluding hydrogens is 394 g/mol. The fraction of sp³-hybridized carbons (Fsp3) is 0.529. The van der Waals surface area contributed by atoms with Crippen LogP contribution >= 0.6 is 28.3 Å². The Bertz CT molecular complexity index is 536. The average Bonchev–Trinajstić information content (AvgIpc) is 3.06. The predicted octanol–water partition coefficient (Wildman–Crippen LogP) is 2.50. The van der Waals surface area contributed by atoms with Crippen LogP contribution in [0.4, 0.5) is 0 Å². The molecule has 2 amide bonds. The molecule has 0 radical (unpaired) electrons. The molecule has 0 bridgehead atoms. The molecule has 1 aliphatic rings. The Morgan fingerprint density at radius 3 is 2.75 bits per heavy atom. The lowest BCUT2D eigenvalue weighted by Crippen LogP contribution is -2.30. The molecule has 134 valence electrons. The summed E-state index contributed by atoms with van der Waals surface area (Å²) >= 11 is 3.35. The second-order valence-corrected chi connectivity index (χ2v) is 6.78. The first kappa shape index (κ1) is 20.9. The van der Waals surface area contributed by atoms with Gasteiger partial charge in [-0.15, -0.1) is 12.4 Å². The van der Waals surface area contributed by atoms with E-state index in [-0.39, 0.29) is 24.2 Å². The first-order valence-corrected chi connectivity index (χ1v) is 8.95. The Hall–Kier alpha value is -1.11. The molecule has 5 nitrogen and oxygen atoms in total. The molecule has 0 aliphatic carbocycles. The van der Waals surface area contributed by atoms with Gasteiger partial charge in [-0.2, -0.15) is 0 Å². The van der Waals surface area contributed by atoms with Crippen molar-refractivity contribution in [1.82, 2.24) is 16.0 Å². The van der Waals surface area contributed by atoms with Crippen molar-refractivity contribution in [1.29, 1.82) is 0 Å². The Labute approximate surface area is 157 Å². The van der Waals surface area contributed by atoms with Crippen LogP contribution in [0.2, 0.25) is 0 Å². The standard InChI is InChI=1S/C17H24BrN3O2.ClH/c18-15-4-1-3-14(11-15)17(23)21-9-2-8-20-16(22)6-5-13-7-10-19-12-13;/h1,3-4,11,13,19H,2,5-10,12H2,(H,20,22)(H,21,23);1H. The van der Waals surface area contributed by atoms with Crippen LogP contribution in [0, 0.1) is 5.92 Å². The highest BCUT2D eigenvalue weighted by atomic mass is 79.9. The molecule has 24 heavy (non-hydrogen) atoms. The van der Waals surface area contributed by atoms with Crippen LogP contribution in [0.3, 0.4) is 0 Å². The molecule has 0 spiro atoms. The Balaban J connectivity index is 0.00000288. The van der Waals surface area contributed by atoms with Crippen molar-refractivity contribution in [3.05, 3.63) is 34.3 Å². The van der Waals surface area contributed by atoms with Gasteiger partial charge < -0.3 is 16.0 Å². The Kier molecular flexibility index (Phi) is 9.98. The minimum Gasteiger partial charge on any atom is -0.356 e. The number of carbonyl (C=O) groups is 2. The fourth-order valence-electron chi connectivity index (χ4n) is 2.63. The highest BCUT2D eigenvalue weighted by molar-refractivity contribution is 9.10. The summed E-state index contributed by atoms with van der Waals surface area (Å²) in [6.07, 6.45) is 3.46. The summed E-state index contributed by atoms with van der Waals surface area (Å²) in [5.74, 6) is 0.659. The van der Waals surface area contributed by atoms with Crippen LogP contribution in [-0.4, -0.2) is 38.0 Å². The van der Waals surface area contributed by atoms with Gasteiger partial charge in [-0.3, -0.25) is 9.59 Å². The molecule has 1 aromatic carbocycles.